The molecule has 0 amide bonds. The predicted octanol–water partition coefficient (Wildman–Crippen LogP) is 2.76. The zero-order chi connectivity index (χ0) is 18.1. The molecule has 3 rings (SSSR count). The van der Waals surface area contributed by atoms with Crippen LogP contribution in [0.3, 0.4) is 0 Å². The van der Waals surface area contributed by atoms with Crippen LogP contribution in [0.15, 0.2) is 91.0 Å². The molecule has 0 spiro atoms. The highest BCUT2D eigenvalue weighted by Gasteiger charge is 2.39. The van der Waals surface area contributed by atoms with Crippen molar-refractivity contribution in [3.8, 4) is 0 Å². The lowest BCUT2D eigenvalue weighted by Gasteiger charge is -2.22. The summed E-state index contributed by atoms with van der Waals surface area (Å²) in [6.07, 6.45) is 0.111. The van der Waals surface area contributed by atoms with Crippen molar-refractivity contribution in [2.24, 2.45) is 0 Å². The van der Waals surface area contributed by atoms with Crippen molar-refractivity contribution in [3.05, 3.63) is 91.0 Å². The van der Waals surface area contributed by atoms with Gasteiger partial charge in [-0.25, -0.2) is 0 Å². The molecule has 3 heteroatoms. The summed E-state index contributed by atoms with van der Waals surface area (Å²) in [5.41, 5.74) is 0. The van der Waals surface area contributed by atoms with Gasteiger partial charge < -0.3 is 9.90 Å². The van der Waals surface area contributed by atoms with E-state index in [1.54, 1.807) is 0 Å². The summed E-state index contributed by atoms with van der Waals surface area (Å²) >= 11 is 0. The number of hydrogen-bond acceptors (Lipinski definition) is 2. The van der Waals surface area contributed by atoms with E-state index in [2.05, 4.69) is 97.7 Å². The first kappa shape index (κ1) is 18.9. The average Bonchev–Trinajstić information content (AvgIpc) is 2.70. The van der Waals surface area contributed by atoms with Crippen molar-refractivity contribution in [2.45, 2.75) is 13.3 Å². The van der Waals surface area contributed by atoms with E-state index in [1.807, 2.05) is 0 Å². The smallest absolute Gasteiger partial charge is 0.109 e. The highest BCUT2D eigenvalue weighted by molar-refractivity contribution is 7.95. The van der Waals surface area contributed by atoms with Crippen molar-refractivity contribution >= 4 is 29.1 Å². The van der Waals surface area contributed by atoms with Gasteiger partial charge >= 0.3 is 0 Å². The maximum atomic E-state index is 9.26. The number of hydrogen-bond donors (Lipinski definition) is 0. The number of carbonyl (C=O) groups is 1. The second-order valence-corrected chi connectivity index (χ2v) is 9.30. The third-order valence-corrected chi connectivity index (χ3v) is 8.10. The molecule has 0 fully saturated rings. The number of carboxylic acid groups (broad SMARTS) is 1. The lowest BCUT2D eigenvalue weighted by atomic mass is 10.4. The Balaban J connectivity index is 0.000000399. The van der Waals surface area contributed by atoms with Crippen LogP contribution >= 0.6 is 7.26 Å². The van der Waals surface area contributed by atoms with Crippen LogP contribution in [0.2, 0.25) is 0 Å². The molecule has 0 saturated heterocycles. The van der Waals surface area contributed by atoms with Crippen LogP contribution in [0.5, 0.6) is 0 Å². The molecule has 3 aromatic rings. The standard InChI is InChI=1S/C19H18P.C3H6O2/c1-20(17-11-5-2-6-12-17,18-13-7-3-8-14-18)19-15-9-4-10-16-19;1-2-3(4)5/h2-16H,1H3;2H2,1H3,(H,4,5)/q+1;/p-1. The first-order valence-corrected chi connectivity index (χ1v) is 10.6. The maximum Gasteiger partial charge on any atom is 0.109 e. The van der Waals surface area contributed by atoms with Crippen LogP contribution in [0.1, 0.15) is 13.3 Å². The van der Waals surface area contributed by atoms with Gasteiger partial charge in [0.05, 0.1) is 6.66 Å². The molecule has 0 radical (unpaired) electrons. The second kappa shape index (κ2) is 9.15. The van der Waals surface area contributed by atoms with Gasteiger partial charge in [0, 0.05) is 5.97 Å². The third kappa shape index (κ3) is 4.78. The minimum Gasteiger partial charge on any atom is -0.550 e. The van der Waals surface area contributed by atoms with E-state index in [9.17, 15) is 9.90 Å². The first-order chi connectivity index (χ1) is 12.1. The largest absolute Gasteiger partial charge is 0.550 e. The Hall–Kier alpha value is -2.44. The molecule has 0 atom stereocenters. The summed E-state index contributed by atoms with van der Waals surface area (Å²) in [4.78, 5) is 9.26. The third-order valence-electron chi connectivity index (χ3n) is 4.11. The van der Waals surface area contributed by atoms with Gasteiger partial charge in [0.1, 0.15) is 23.2 Å². The molecular weight excluding hydrogens is 327 g/mol. The molecule has 25 heavy (non-hydrogen) atoms. The summed E-state index contributed by atoms with van der Waals surface area (Å²) in [5, 5.41) is 13.5. The molecule has 0 aliphatic carbocycles. The number of benzene rings is 3. The zero-order valence-electron chi connectivity index (χ0n) is 14.6. The Bertz CT molecular complexity index is 674. The molecule has 0 saturated carbocycles. The Morgan fingerprint density at radius 3 is 1.16 bits per heavy atom. The molecule has 0 N–H and O–H groups in total. The van der Waals surface area contributed by atoms with Gasteiger partial charge in [0.25, 0.3) is 0 Å². The lowest BCUT2D eigenvalue weighted by molar-refractivity contribution is -0.305. The van der Waals surface area contributed by atoms with E-state index in [4.69, 9.17) is 0 Å². The van der Waals surface area contributed by atoms with E-state index in [-0.39, 0.29) is 6.42 Å². The zero-order valence-corrected chi connectivity index (χ0v) is 15.5. The van der Waals surface area contributed by atoms with Crippen molar-refractivity contribution in [1.82, 2.24) is 0 Å². The fourth-order valence-corrected chi connectivity index (χ4v) is 5.83. The number of rotatable bonds is 4. The first-order valence-electron chi connectivity index (χ1n) is 8.32. The summed E-state index contributed by atoms with van der Waals surface area (Å²) < 4.78 is 0. The molecule has 0 aliphatic heterocycles. The Morgan fingerprint density at radius 1 is 0.720 bits per heavy atom. The Kier molecular flexibility index (Phi) is 6.91. The Morgan fingerprint density at radius 2 is 0.960 bits per heavy atom. The fraction of sp³-hybridized carbons (Fsp3) is 0.136. The van der Waals surface area contributed by atoms with Crippen LogP contribution in [0.4, 0.5) is 0 Å². The van der Waals surface area contributed by atoms with Crippen molar-refractivity contribution in [2.75, 3.05) is 6.66 Å². The summed E-state index contributed by atoms with van der Waals surface area (Å²) in [5.74, 6) is -0.995. The van der Waals surface area contributed by atoms with Crippen LogP contribution in [0, 0.1) is 0 Å². The van der Waals surface area contributed by atoms with Gasteiger partial charge in [0.2, 0.25) is 0 Å². The SMILES string of the molecule is CCC(=O)[O-].C[P+](c1ccccc1)(c1ccccc1)c1ccccc1. The molecule has 0 aliphatic rings. The normalized spacial score (nSPS) is 10.5. The van der Waals surface area contributed by atoms with Crippen molar-refractivity contribution in [1.29, 1.82) is 0 Å². The maximum absolute atomic E-state index is 9.26. The van der Waals surface area contributed by atoms with E-state index in [0.717, 1.165) is 0 Å². The minimum absolute atomic E-state index is 0.111. The summed E-state index contributed by atoms with van der Waals surface area (Å²) in [7, 11) is -1.53. The van der Waals surface area contributed by atoms with E-state index in [0.29, 0.717) is 0 Å². The van der Waals surface area contributed by atoms with Gasteiger partial charge in [-0.15, -0.1) is 0 Å². The van der Waals surface area contributed by atoms with Crippen LogP contribution in [-0.2, 0) is 4.79 Å². The Labute approximate surface area is 150 Å². The van der Waals surface area contributed by atoms with Crippen molar-refractivity contribution in [3.63, 3.8) is 0 Å². The number of carbonyl (C=O) groups excluding carboxylic acids is 1. The van der Waals surface area contributed by atoms with Crippen LogP contribution in [0.25, 0.3) is 0 Å². The van der Waals surface area contributed by atoms with Crippen LogP contribution < -0.4 is 21.0 Å². The van der Waals surface area contributed by atoms with Gasteiger partial charge in [-0.1, -0.05) is 61.5 Å². The highest BCUT2D eigenvalue weighted by atomic mass is 31.2. The summed E-state index contributed by atoms with van der Waals surface area (Å²) in [6.45, 7) is 3.95. The van der Waals surface area contributed by atoms with E-state index >= 15 is 0 Å². The molecule has 0 aromatic heterocycles. The predicted molar refractivity (Wildman–Crippen MR) is 106 cm³/mol. The van der Waals surface area contributed by atoms with Gasteiger partial charge in [0.15, 0.2) is 0 Å². The monoisotopic (exact) mass is 350 g/mol. The molecule has 0 unspecified atom stereocenters. The van der Waals surface area contributed by atoms with E-state index in [1.165, 1.54) is 22.8 Å². The molecule has 0 heterocycles. The minimum atomic E-state index is -1.53. The van der Waals surface area contributed by atoms with Crippen LogP contribution in [-0.4, -0.2) is 12.6 Å². The van der Waals surface area contributed by atoms with Gasteiger partial charge in [-0.05, 0) is 42.8 Å². The molecule has 0 bridgehead atoms. The fourth-order valence-electron chi connectivity index (χ4n) is 2.63. The van der Waals surface area contributed by atoms with Gasteiger partial charge in [-0.2, -0.15) is 0 Å². The molecule has 2 nitrogen and oxygen atoms in total. The molecule has 3 aromatic carbocycles. The van der Waals surface area contributed by atoms with E-state index < -0.39 is 13.2 Å². The summed E-state index contributed by atoms with van der Waals surface area (Å²) in [6, 6.07) is 32.6. The second-order valence-electron chi connectivity index (χ2n) is 5.74. The lowest BCUT2D eigenvalue weighted by Crippen LogP contribution is -2.30. The van der Waals surface area contributed by atoms with Crippen molar-refractivity contribution < 1.29 is 9.90 Å². The molecule has 128 valence electrons. The number of carboxylic acids is 1. The topological polar surface area (TPSA) is 40.1 Å². The number of aliphatic carboxylic acids is 1. The average molecular weight is 350 g/mol. The molecular formula is C22H23O2P. The highest BCUT2D eigenvalue weighted by Crippen LogP contribution is 2.51. The van der Waals surface area contributed by atoms with Gasteiger partial charge in [-0.3, -0.25) is 0 Å². The quantitative estimate of drug-likeness (QED) is 0.679.